The number of guanidine groups is 1. The number of ether oxygens (including phenoxy) is 1. The van der Waals surface area contributed by atoms with Gasteiger partial charge in [0.2, 0.25) is 5.91 Å². The van der Waals surface area contributed by atoms with Gasteiger partial charge >= 0.3 is 0 Å². The number of rotatable bonds is 5. The van der Waals surface area contributed by atoms with Gasteiger partial charge in [0.1, 0.15) is 0 Å². The second-order valence-electron chi connectivity index (χ2n) is 8.06. The fourth-order valence-electron chi connectivity index (χ4n) is 5.08. The smallest absolute Gasteiger partial charge is 0.219 e. The van der Waals surface area contributed by atoms with E-state index in [1.807, 2.05) is 4.90 Å². The third-order valence-corrected chi connectivity index (χ3v) is 6.60. The number of likely N-dealkylation sites (tertiary alicyclic amines) is 1. The van der Waals surface area contributed by atoms with Crippen LogP contribution in [-0.2, 0) is 9.53 Å². The molecule has 0 aromatic carbocycles. The molecule has 2 atom stereocenters. The van der Waals surface area contributed by atoms with Crippen molar-refractivity contribution in [2.75, 3.05) is 26.2 Å². The highest BCUT2D eigenvalue weighted by Gasteiger charge is 2.57. The molecule has 0 aromatic rings. The van der Waals surface area contributed by atoms with E-state index in [-0.39, 0.29) is 5.91 Å². The van der Waals surface area contributed by atoms with Crippen molar-refractivity contribution in [2.24, 2.45) is 10.4 Å². The molecule has 1 spiro atoms. The van der Waals surface area contributed by atoms with Gasteiger partial charge in [-0.2, -0.15) is 0 Å². The van der Waals surface area contributed by atoms with E-state index in [0.717, 1.165) is 51.5 Å². The highest BCUT2D eigenvalue weighted by molar-refractivity contribution is 5.81. The van der Waals surface area contributed by atoms with Crippen molar-refractivity contribution < 1.29 is 9.53 Å². The van der Waals surface area contributed by atoms with Gasteiger partial charge in [-0.05, 0) is 46.0 Å². The molecule has 0 bridgehead atoms. The highest BCUT2D eigenvalue weighted by atomic mass is 16.5. The van der Waals surface area contributed by atoms with Gasteiger partial charge in [0.05, 0.1) is 6.10 Å². The molecule has 2 N–H and O–H groups in total. The van der Waals surface area contributed by atoms with E-state index in [2.05, 4.69) is 24.5 Å². The highest BCUT2D eigenvalue weighted by Crippen LogP contribution is 2.54. The lowest BCUT2D eigenvalue weighted by atomic mass is 9.60. The molecule has 26 heavy (non-hydrogen) atoms. The Morgan fingerprint density at radius 1 is 1.19 bits per heavy atom. The maximum Gasteiger partial charge on any atom is 0.219 e. The minimum Gasteiger partial charge on any atom is -0.378 e. The molecule has 2 unspecified atom stereocenters. The summed E-state index contributed by atoms with van der Waals surface area (Å²) in [6, 6.07) is 0.863. The molecule has 0 aromatic heterocycles. The van der Waals surface area contributed by atoms with E-state index in [1.54, 1.807) is 6.92 Å². The van der Waals surface area contributed by atoms with Crippen molar-refractivity contribution in [3.05, 3.63) is 0 Å². The van der Waals surface area contributed by atoms with Crippen LogP contribution in [0.25, 0.3) is 0 Å². The van der Waals surface area contributed by atoms with Gasteiger partial charge in [-0.1, -0.05) is 12.8 Å². The lowest BCUT2D eigenvalue weighted by Gasteiger charge is -2.54. The predicted molar refractivity (Wildman–Crippen MR) is 104 cm³/mol. The van der Waals surface area contributed by atoms with Crippen LogP contribution in [0.1, 0.15) is 65.7 Å². The Kier molecular flexibility index (Phi) is 6.43. The number of aliphatic imine (C=N–C) groups is 1. The van der Waals surface area contributed by atoms with Crippen LogP contribution in [0.5, 0.6) is 0 Å². The van der Waals surface area contributed by atoms with Crippen LogP contribution in [0.15, 0.2) is 4.99 Å². The van der Waals surface area contributed by atoms with Crippen LogP contribution < -0.4 is 10.6 Å². The van der Waals surface area contributed by atoms with E-state index in [9.17, 15) is 4.79 Å². The molecule has 6 heteroatoms. The van der Waals surface area contributed by atoms with Crippen LogP contribution >= 0.6 is 0 Å². The van der Waals surface area contributed by atoms with Gasteiger partial charge in [0.15, 0.2) is 5.96 Å². The fourth-order valence-corrected chi connectivity index (χ4v) is 5.08. The first-order chi connectivity index (χ1) is 12.6. The quantitative estimate of drug-likeness (QED) is 0.580. The van der Waals surface area contributed by atoms with Gasteiger partial charge in [-0.15, -0.1) is 0 Å². The number of piperidine rings is 1. The number of amides is 1. The van der Waals surface area contributed by atoms with Crippen molar-refractivity contribution in [2.45, 2.75) is 83.9 Å². The summed E-state index contributed by atoms with van der Waals surface area (Å²) in [4.78, 5) is 18.1. The number of nitrogens with one attached hydrogen (secondary N) is 2. The number of hydrogen-bond donors (Lipinski definition) is 2. The van der Waals surface area contributed by atoms with Gasteiger partial charge < -0.3 is 20.3 Å². The van der Waals surface area contributed by atoms with Gasteiger partial charge in [-0.25, -0.2) is 0 Å². The van der Waals surface area contributed by atoms with Crippen LogP contribution in [0, 0.1) is 5.41 Å². The molecule has 2 aliphatic carbocycles. The Hall–Kier alpha value is -1.30. The van der Waals surface area contributed by atoms with Crippen molar-refractivity contribution in [1.29, 1.82) is 0 Å². The molecule has 3 fully saturated rings. The van der Waals surface area contributed by atoms with Crippen LogP contribution in [0.2, 0.25) is 0 Å². The van der Waals surface area contributed by atoms with E-state index in [1.165, 1.54) is 25.7 Å². The molecule has 2 saturated carbocycles. The summed E-state index contributed by atoms with van der Waals surface area (Å²) < 4.78 is 6.03. The Balaban J connectivity index is 1.56. The molecule has 3 rings (SSSR count). The van der Waals surface area contributed by atoms with Crippen LogP contribution in [-0.4, -0.2) is 61.2 Å². The topological polar surface area (TPSA) is 66.0 Å². The first-order valence-corrected chi connectivity index (χ1v) is 10.5. The van der Waals surface area contributed by atoms with Gasteiger partial charge in [0.25, 0.3) is 0 Å². The van der Waals surface area contributed by atoms with Gasteiger partial charge in [0, 0.05) is 50.7 Å². The Morgan fingerprint density at radius 3 is 2.46 bits per heavy atom. The summed E-state index contributed by atoms with van der Waals surface area (Å²) >= 11 is 0. The Morgan fingerprint density at radius 2 is 1.88 bits per heavy atom. The predicted octanol–water partition coefficient (Wildman–Crippen LogP) is 2.29. The lowest BCUT2D eigenvalue weighted by Crippen LogP contribution is -2.65. The molecule has 1 heterocycles. The van der Waals surface area contributed by atoms with Crippen molar-refractivity contribution in [1.82, 2.24) is 15.5 Å². The summed E-state index contributed by atoms with van der Waals surface area (Å²) in [7, 11) is 0. The second-order valence-corrected chi connectivity index (χ2v) is 8.06. The molecule has 1 aliphatic heterocycles. The van der Waals surface area contributed by atoms with Gasteiger partial charge in [-0.3, -0.25) is 9.79 Å². The van der Waals surface area contributed by atoms with Crippen LogP contribution in [0.3, 0.4) is 0 Å². The maximum absolute atomic E-state index is 11.5. The van der Waals surface area contributed by atoms with E-state index >= 15 is 0 Å². The third kappa shape index (κ3) is 4.00. The Bertz CT molecular complexity index is 508. The lowest BCUT2D eigenvalue weighted by molar-refractivity contribution is -0.129. The second kappa shape index (κ2) is 8.59. The molecule has 1 saturated heterocycles. The third-order valence-electron chi connectivity index (χ3n) is 6.60. The summed E-state index contributed by atoms with van der Waals surface area (Å²) in [5.74, 6) is 1.13. The molecule has 3 aliphatic rings. The standard InChI is InChI=1S/C20H36N4O2/c1-4-21-19(22-16-8-12-24(13-9-16)15(3)25)23-17-14-18(26-5-2)20(17)10-6-7-11-20/h16-18H,4-14H2,1-3H3,(H2,21,22,23). The monoisotopic (exact) mass is 364 g/mol. The molecule has 1 amide bonds. The zero-order valence-corrected chi connectivity index (χ0v) is 16.7. The summed E-state index contributed by atoms with van der Waals surface area (Å²) in [5, 5.41) is 7.36. The van der Waals surface area contributed by atoms with E-state index in [0.29, 0.717) is 23.6 Å². The number of hydrogen-bond acceptors (Lipinski definition) is 3. The zero-order valence-electron chi connectivity index (χ0n) is 16.7. The molecular weight excluding hydrogens is 328 g/mol. The van der Waals surface area contributed by atoms with Crippen molar-refractivity contribution in [3.8, 4) is 0 Å². The summed E-state index contributed by atoms with van der Waals surface area (Å²) in [6.45, 7) is 9.10. The van der Waals surface area contributed by atoms with Crippen LogP contribution in [0.4, 0.5) is 0 Å². The largest absolute Gasteiger partial charge is 0.378 e. The Labute approximate surface area is 158 Å². The van der Waals surface area contributed by atoms with E-state index in [4.69, 9.17) is 9.73 Å². The minimum atomic E-state index is 0.184. The number of carbonyl (C=O) groups excluding carboxylic acids is 1. The summed E-state index contributed by atoms with van der Waals surface area (Å²) in [6.07, 6.45) is 8.65. The first kappa shape index (κ1) is 19.5. The maximum atomic E-state index is 11.5. The average Bonchev–Trinajstić information content (AvgIpc) is 3.14. The molecule has 6 nitrogen and oxygen atoms in total. The molecule has 0 radical (unpaired) electrons. The van der Waals surface area contributed by atoms with E-state index < -0.39 is 0 Å². The van der Waals surface area contributed by atoms with Crippen molar-refractivity contribution >= 4 is 11.9 Å². The summed E-state index contributed by atoms with van der Waals surface area (Å²) in [5.41, 5.74) is 0.310. The fraction of sp³-hybridized carbons (Fsp3) is 0.900. The normalized spacial score (nSPS) is 28.9. The minimum absolute atomic E-state index is 0.184. The zero-order chi connectivity index (χ0) is 18.6. The first-order valence-electron chi connectivity index (χ1n) is 10.5. The average molecular weight is 365 g/mol. The SMILES string of the molecule is CCN=C(NC1CCN(C(C)=O)CC1)NC1CC(OCC)C12CCCC2. The molecular formula is C20H36N4O2. The van der Waals surface area contributed by atoms with Crippen molar-refractivity contribution in [3.63, 3.8) is 0 Å². The number of nitrogens with zero attached hydrogens (tertiary/aromatic N) is 2. The number of carbonyl (C=O) groups is 1. The molecule has 148 valence electrons.